The fraction of sp³-hybridized carbons (Fsp3) is 0.259. The van der Waals surface area contributed by atoms with Crippen molar-refractivity contribution in [3.8, 4) is 0 Å². The van der Waals surface area contributed by atoms with Crippen molar-refractivity contribution in [3.63, 3.8) is 0 Å². The number of nitrogens with zero attached hydrogens (tertiary/aromatic N) is 2. The van der Waals surface area contributed by atoms with Crippen LogP contribution in [0.4, 0.5) is 11.4 Å². The zero-order valence-corrected chi connectivity index (χ0v) is 21.3. The van der Waals surface area contributed by atoms with Crippen LogP contribution in [0.5, 0.6) is 0 Å². The maximum absolute atomic E-state index is 13.0. The molecule has 176 valence electrons. The molecule has 0 aliphatic carbocycles. The summed E-state index contributed by atoms with van der Waals surface area (Å²) >= 11 is 2.21. The summed E-state index contributed by atoms with van der Waals surface area (Å²) in [4.78, 5) is 30.0. The van der Waals surface area contributed by atoms with E-state index in [1.807, 2.05) is 24.3 Å². The van der Waals surface area contributed by atoms with E-state index in [4.69, 9.17) is 4.74 Å². The molecule has 34 heavy (non-hydrogen) atoms. The summed E-state index contributed by atoms with van der Waals surface area (Å²) in [5.74, 6) is -0.604. The smallest absolute Gasteiger partial charge is 0.338 e. The molecule has 3 aromatic rings. The number of carbonyl (C=O) groups is 2. The van der Waals surface area contributed by atoms with Gasteiger partial charge < -0.3 is 15.0 Å². The van der Waals surface area contributed by atoms with Crippen LogP contribution in [0.25, 0.3) is 0 Å². The number of halogens is 1. The molecule has 7 heteroatoms. The first kappa shape index (κ1) is 24.2. The number of rotatable bonds is 7. The van der Waals surface area contributed by atoms with Crippen LogP contribution in [0, 0.1) is 3.57 Å². The molecule has 0 spiro atoms. The molecule has 1 amide bonds. The Balaban J connectivity index is 1.52. The second-order valence-corrected chi connectivity index (χ2v) is 9.41. The number of ether oxygens (including phenoxy) is 1. The van der Waals surface area contributed by atoms with Gasteiger partial charge in [0.2, 0.25) is 0 Å². The van der Waals surface area contributed by atoms with Crippen LogP contribution in [0.1, 0.15) is 33.2 Å². The third kappa shape index (κ3) is 6.15. The van der Waals surface area contributed by atoms with Gasteiger partial charge in [-0.25, -0.2) is 4.79 Å². The number of anilines is 2. The van der Waals surface area contributed by atoms with Crippen molar-refractivity contribution in [2.24, 2.45) is 0 Å². The van der Waals surface area contributed by atoms with Crippen LogP contribution in [-0.4, -0.2) is 49.6 Å². The maximum Gasteiger partial charge on any atom is 0.338 e. The summed E-state index contributed by atoms with van der Waals surface area (Å²) in [7, 11) is 0. The van der Waals surface area contributed by atoms with Gasteiger partial charge in [-0.15, -0.1) is 0 Å². The molecular weight excluding hydrogens is 541 g/mol. The van der Waals surface area contributed by atoms with Crippen LogP contribution in [0.15, 0.2) is 72.8 Å². The number of amides is 1. The lowest BCUT2D eigenvalue weighted by molar-refractivity contribution is 0.0526. The third-order valence-electron chi connectivity index (χ3n) is 5.82. The molecule has 1 aliphatic rings. The van der Waals surface area contributed by atoms with Crippen molar-refractivity contribution in [2.45, 2.75) is 13.5 Å². The van der Waals surface area contributed by atoms with Gasteiger partial charge in [-0.3, -0.25) is 9.69 Å². The Labute approximate surface area is 214 Å². The summed E-state index contributed by atoms with van der Waals surface area (Å²) in [6.07, 6.45) is 0. The molecule has 0 radical (unpaired) electrons. The summed E-state index contributed by atoms with van der Waals surface area (Å²) in [6.45, 7) is 6.50. The van der Waals surface area contributed by atoms with E-state index in [-0.39, 0.29) is 5.91 Å². The molecule has 0 saturated carbocycles. The van der Waals surface area contributed by atoms with Gasteiger partial charge in [-0.1, -0.05) is 30.3 Å². The van der Waals surface area contributed by atoms with E-state index >= 15 is 0 Å². The average Bonchev–Trinajstić information content (AvgIpc) is 2.86. The molecule has 0 unspecified atom stereocenters. The van der Waals surface area contributed by atoms with E-state index in [2.05, 4.69) is 62.0 Å². The van der Waals surface area contributed by atoms with Crippen LogP contribution in [0.3, 0.4) is 0 Å². The van der Waals surface area contributed by atoms with Gasteiger partial charge in [0.05, 0.1) is 23.5 Å². The Morgan fingerprint density at radius 3 is 2.26 bits per heavy atom. The molecule has 0 bridgehead atoms. The SMILES string of the molecule is CCOC(=O)c1ccc(N2CCN(Cc3ccccc3)CC2)c(NC(=O)c2ccc(I)cc2)c1. The van der Waals surface area contributed by atoms with Gasteiger partial charge in [-0.2, -0.15) is 0 Å². The number of nitrogens with one attached hydrogen (secondary N) is 1. The first-order chi connectivity index (χ1) is 16.5. The zero-order chi connectivity index (χ0) is 23.9. The highest BCUT2D eigenvalue weighted by Gasteiger charge is 2.22. The van der Waals surface area contributed by atoms with Crippen LogP contribution in [0.2, 0.25) is 0 Å². The number of hydrogen-bond donors (Lipinski definition) is 1. The molecule has 1 aliphatic heterocycles. The summed E-state index contributed by atoms with van der Waals surface area (Å²) in [5, 5.41) is 3.03. The predicted octanol–water partition coefficient (Wildman–Crippen LogP) is 5.04. The number of piperazine rings is 1. The molecule has 1 saturated heterocycles. The third-order valence-corrected chi connectivity index (χ3v) is 6.54. The van der Waals surface area contributed by atoms with Gasteiger partial charge in [0.15, 0.2) is 0 Å². The summed E-state index contributed by atoms with van der Waals surface area (Å²) in [5.41, 5.74) is 3.82. The van der Waals surface area contributed by atoms with E-state index in [0.29, 0.717) is 23.4 Å². The largest absolute Gasteiger partial charge is 0.462 e. The number of hydrogen-bond acceptors (Lipinski definition) is 5. The number of carbonyl (C=O) groups excluding carboxylic acids is 2. The fourth-order valence-electron chi connectivity index (χ4n) is 4.04. The van der Waals surface area contributed by atoms with Gasteiger partial charge in [0.1, 0.15) is 0 Å². The summed E-state index contributed by atoms with van der Waals surface area (Å²) < 4.78 is 6.23. The number of benzene rings is 3. The van der Waals surface area contributed by atoms with Crippen molar-refractivity contribution in [1.82, 2.24) is 4.90 Å². The second kappa shape index (κ2) is 11.5. The first-order valence-corrected chi connectivity index (χ1v) is 12.5. The topological polar surface area (TPSA) is 61.9 Å². The highest BCUT2D eigenvalue weighted by atomic mass is 127. The van der Waals surface area contributed by atoms with Gasteiger partial charge in [0.25, 0.3) is 5.91 Å². The molecule has 1 fully saturated rings. The zero-order valence-electron chi connectivity index (χ0n) is 19.2. The van der Waals surface area contributed by atoms with E-state index in [9.17, 15) is 9.59 Å². The van der Waals surface area contributed by atoms with Crippen molar-refractivity contribution in [1.29, 1.82) is 0 Å². The van der Waals surface area contributed by atoms with Gasteiger partial charge in [0, 0.05) is 41.9 Å². The monoisotopic (exact) mass is 569 g/mol. The standard InChI is InChI=1S/C27H28IN3O3/c1-2-34-27(33)22-10-13-25(24(18-22)29-26(32)21-8-11-23(28)12-9-21)31-16-14-30(15-17-31)19-20-6-4-3-5-7-20/h3-13,18H,2,14-17,19H2,1H3,(H,29,32). The highest BCUT2D eigenvalue weighted by molar-refractivity contribution is 14.1. The van der Waals surface area contributed by atoms with Crippen LogP contribution < -0.4 is 10.2 Å². The normalized spacial score (nSPS) is 14.0. The minimum Gasteiger partial charge on any atom is -0.462 e. The van der Waals surface area contributed by atoms with Crippen molar-refractivity contribution in [2.75, 3.05) is 43.0 Å². The van der Waals surface area contributed by atoms with Crippen LogP contribution >= 0.6 is 22.6 Å². The molecule has 0 aromatic heterocycles. The van der Waals surface area contributed by atoms with Crippen molar-refractivity contribution >= 4 is 45.8 Å². The lowest BCUT2D eigenvalue weighted by atomic mass is 10.1. The second-order valence-electron chi connectivity index (χ2n) is 8.16. The van der Waals surface area contributed by atoms with Crippen molar-refractivity contribution in [3.05, 3.63) is 93.1 Å². The summed E-state index contributed by atoms with van der Waals surface area (Å²) in [6, 6.07) is 23.3. The Morgan fingerprint density at radius 2 is 1.59 bits per heavy atom. The highest BCUT2D eigenvalue weighted by Crippen LogP contribution is 2.29. The quantitative estimate of drug-likeness (QED) is 0.319. The van der Waals surface area contributed by atoms with Gasteiger partial charge in [-0.05, 0) is 77.5 Å². The maximum atomic E-state index is 13.0. The van der Waals surface area contributed by atoms with Gasteiger partial charge >= 0.3 is 5.97 Å². The fourth-order valence-corrected chi connectivity index (χ4v) is 4.40. The predicted molar refractivity (Wildman–Crippen MR) is 143 cm³/mol. The Morgan fingerprint density at radius 1 is 0.912 bits per heavy atom. The number of esters is 1. The molecule has 3 aromatic carbocycles. The lowest BCUT2D eigenvalue weighted by Crippen LogP contribution is -2.46. The van der Waals surface area contributed by atoms with Crippen molar-refractivity contribution < 1.29 is 14.3 Å². The van der Waals surface area contributed by atoms with E-state index in [0.717, 1.165) is 42.0 Å². The van der Waals surface area contributed by atoms with E-state index in [1.165, 1.54) is 5.56 Å². The molecule has 4 rings (SSSR count). The molecule has 6 nitrogen and oxygen atoms in total. The van der Waals surface area contributed by atoms with E-state index in [1.54, 1.807) is 31.2 Å². The molecule has 1 heterocycles. The average molecular weight is 569 g/mol. The van der Waals surface area contributed by atoms with E-state index < -0.39 is 5.97 Å². The minimum atomic E-state index is -0.397. The lowest BCUT2D eigenvalue weighted by Gasteiger charge is -2.37. The van der Waals surface area contributed by atoms with Crippen LogP contribution in [-0.2, 0) is 11.3 Å². The molecule has 1 N–H and O–H groups in total. The molecular formula is C27H28IN3O3. The minimum absolute atomic E-state index is 0.207. The Bertz CT molecular complexity index is 1130. The Kier molecular flexibility index (Phi) is 8.18. The Hall–Kier alpha value is -2.91. The first-order valence-electron chi connectivity index (χ1n) is 11.4. The molecule has 0 atom stereocenters.